The highest BCUT2D eigenvalue weighted by Crippen LogP contribution is 2.07. The Hall–Kier alpha value is -1.31. The van der Waals surface area contributed by atoms with Crippen molar-refractivity contribution in [3.8, 4) is 0 Å². The minimum absolute atomic E-state index is 0.332. The molecule has 0 bridgehead atoms. The number of H-pyrrole nitrogens is 1. The monoisotopic (exact) mass is 119 g/mol. The second-order valence-corrected chi connectivity index (χ2v) is 1.86. The fourth-order valence-corrected chi connectivity index (χ4v) is 0.836. The van der Waals surface area contributed by atoms with Gasteiger partial charge in [-0.3, -0.25) is 4.98 Å². The van der Waals surface area contributed by atoms with E-state index in [0.717, 1.165) is 10.9 Å². The zero-order chi connectivity index (χ0) is 6.97. The van der Waals surface area contributed by atoms with Gasteiger partial charge in [0.1, 0.15) is 0 Å². The number of nitrogens with zero attached hydrogens (tertiary/aromatic N) is 1. The molecule has 9 heavy (non-hydrogen) atoms. The third kappa shape index (κ3) is 0.598. The van der Waals surface area contributed by atoms with E-state index < -0.39 is 0 Å². The van der Waals surface area contributed by atoms with Crippen molar-refractivity contribution in [3.63, 3.8) is 0 Å². The van der Waals surface area contributed by atoms with Gasteiger partial charge in [-0.2, -0.15) is 0 Å². The minimum Gasteiger partial charge on any atom is -0.361 e. The first-order valence-corrected chi connectivity index (χ1v) is 2.76. The summed E-state index contributed by atoms with van der Waals surface area (Å²) in [7, 11) is 0. The van der Waals surface area contributed by atoms with Crippen LogP contribution in [0.1, 0.15) is 1.37 Å². The van der Waals surface area contributed by atoms with Crippen LogP contribution < -0.4 is 0 Å². The summed E-state index contributed by atoms with van der Waals surface area (Å²) in [5.74, 6) is 0. The first-order chi connectivity index (χ1) is 4.88. The maximum absolute atomic E-state index is 7.35. The molecule has 2 aromatic rings. The summed E-state index contributed by atoms with van der Waals surface area (Å²) >= 11 is 0. The lowest BCUT2D eigenvalue weighted by Gasteiger charge is -1.82. The Kier molecular flexibility index (Phi) is 0.646. The molecule has 2 heterocycles. The van der Waals surface area contributed by atoms with Gasteiger partial charge in [-0.15, -0.1) is 0 Å². The number of hydrogen-bond acceptors (Lipinski definition) is 1. The molecule has 2 nitrogen and oxygen atoms in total. The molecule has 0 aliphatic carbocycles. The van der Waals surface area contributed by atoms with Crippen molar-refractivity contribution < 1.29 is 1.37 Å². The molecule has 1 N–H and O–H groups in total. The van der Waals surface area contributed by atoms with E-state index in [0.29, 0.717) is 6.17 Å². The van der Waals surface area contributed by atoms with Crippen LogP contribution in [0.3, 0.4) is 0 Å². The van der Waals surface area contributed by atoms with Gasteiger partial charge in [0.2, 0.25) is 0 Å². The van der Waals surface area contributed by atoms with Gasteiger partial charge in [0.25, 0.3) is 0 Å². The van der Waals surface area contributed by atoms with Gasteiger partial charge in [-0.1, -0.05) is 0 Å². The highest BCUT2D eigenvalue weighted by Gasteiger charge is 1.87. The van der Waals surface area contributed by atoms with Crippen LogP contribution >= 0.6 is 0 Å². The van der Waals surface area contributed by atoms with Crippen molar-refractivity contribution in [1.29, 1.82) is 0 Å². The molecule has 0 saturated carbocycles. The van der Waals surface area contributed by atoms with Gasteiger partial charge in [-0.05, 0) is 12.1 Å². The van der Waals surface area contributed by atoms with Gasteiger partial charge in [0, 0.05) is 29.5 Å². The Morgan fingerprint density at radius 2 is 2.56 bits per heavy atom. The molecule has 0 saturated heterocycles. The molecule has 44 valence electrons. The topological polar surface area (TPSA) is 28.7 Å². The molecule has 0 atom stereocenters. The van der Waals surface area contributed by atoms with E-state index >= 15 is 0 Å². The fourth-order valence-electron chi connectivity index (χ4n) is 0.836. The van der Waals surface area contributed by atoms with E-state index in [1.165, 1.54) is 0 Å². The number of nitrogens with one attached hydrogen (secondary N) is 1. The molecule has 0 radical (unpaired) electrons. The quantitative estimate of drug-likeness (QED) is 0.560. The van der Waals surface area contributed by atoms with Crippen LogP contribution in [0.4, 0.5) is 0 Å². The molecular weight excluding hydrogens is 112 g/mol. The molecule has 0 aliphatic heterocycles. The number of aromatic amines is 1. The average Bonchev–Trinajstić information content (AvgIpc) is 2.36. The average molecular weight is 119 g/mol. The van der Waals surface area contributed by atoms with E-state index in [-0.39, 0.29) is 0 Å². The number of hydrogen-bond donors (Lipinski definition) is 1. The van der Waals surface area contributed by atoms with Crippen LogP contribution in [-0.2, 0) is 0 Å². The number of aromatic nitrogens is 2. The summed E-state index contributed by atoms with van der Waals surface area (Å²) in [4.78, 5) is 6.83. The molecule has 0 fully saturated rings. The predicted molar refractivity (Wildman–Crippen MR) is 36.1 cm³/mol. The largest absolute Gasteiger partial charge is 0.361 e. The normalized spacial score (nSPS) is 11.8. The molecule has 2 rings (SSSR count). The molecule has 0 aromatic carbocycles. The van der Waals surface area contributed by atoms with E-state index in [2.05, 4.69) is 9.97 Å². The summed E-state index contributed by atoms with van der Waals surface area (Å²) in [6.07, 6.45) is 3.77. The van der Waals surface area contributed by atoms with E-state index in [1.54, 1.807) is 6.20 Å². The van der Waals surface area contributed by atoms with E-state index in [4.69, 9.17) is 1.37 Å². The smallest absolute Gasteiger partial charge is 0.0847 e. The van der Waals surface area contributed by atoms with Crippen molar-refractivity contribution in [2.75, 3.05) is 0 Å². The van der Waals surface area contributed by atoms with Crippen LogP contribution in [-0.4, -0.2) is 9.97 Å². The van der Waals surface area contributed by atoms with Gasteiger partial charge < -0.3 is 4.98 Å². The zero-order valence-electron chi connectivity index (χ0n) is 5.76. The molecule has 2 aromatic heterocycles. The Balaban J connectivity index is 2.95. The first-order valence-electron chi connectivity index (χ1n) is 3.26. The Bertz CT molecular complexity index is 353. The van der Waals surface area contributed by atoms with E-state index in [9.17, 15) is 0 Å². The Morgan fingerprint density at radius 3 is 3.44 bits per heavy atom. The highest BCUT2D eigenvalue weighted by molar-refractivity contribution is 5.77. The minimum atomic E-state index is 0.332. The Morgan fingerprint density at radius 1 is 1.56 bits per heavy atom. The summed E-state index contributed by atoms with van der Waals surface area (Å²) in [5, 5.41) is 0.877. The van der Waals surface area contributed by atoms with Crippen molar-refractivity contribution >= 4 is 10.9 Å². The number of pyridine rings is 1. The summed E-state index contributed by atoms with van der Waals surface area (Å²) < 4.78 is 7.35. The molecule has 0 amide bonds. The third-order valence-electron chi connectivity index (χ3n) is 1.28. The van der Waals surface area contributed by atoms with Crippen LogP contribution in [0, 0.1) is 0 Å². The summed E-state index contributed by atoms with van der Waals surface area (Å²) in [6, 6.07) is 3.71. The Labute approximate surface area is 53.9 Å². The van der Waals surface area contributed by atoms with Crippen LogP contribution in [0.15, 0.2) is 30.7 Å². The fraction of sp³-hybridized carbons (Fsp3) is 0. The zero-order valence-corrected chi connectivity index (χ0v) is 4.76. The van der Waals surface area contributed by atoms with Crippen molar-refractivity contribution in [2.24, 2.45) is 0 Å². The van der Waals surface area contributed by atoms with Gasteiger partial charge >= 0.3 is 0 Å². The van der Waals surface area contributed by atoms with Crippen molar-refractivity contribution in [1.82, 2.24) is 9.97 Å². The maximum atomic E-state index is 7.35. The number of rotatable bonds is 0. The summed E-state index contributed by atoms with van der Waals surface area (Å²) in [5.41, 5.74) is 0.972. The highest BCUT2D eigenvalue weighted by atomic mass is 14.7. The van der Waals surface area contributed by atoms with Crippen molar-refractivity contribution in [2.45, 2.75) is 0 Å². The predicted octanol–water partition coefficient (Wildman–Crippen LogP) is 1.56. The summed E-state index contributed by atoms with van der Waals surface area (Å²) in [6.45, 7) is 0. The molecule has 0 spiro atoms. The van der Waals surface area contributed by atoms with E-state index in [1.807, 2.05) is 18.3 Å². The lowest BCUT2D eigenvalue weighted by molar-refractivity contribution is 1.36. The SMILES string of the molecule is [2H]c1nccc2[nH]ccc12. The van der Waals surface area contributed by atoms with Crippen LogP contribution in [0.25, 0.3) is 10.9 Å². The van der Waals surface area contributed by atoms with Crippen molar-refractivity contribution in [3.05, 3.63) is 30.7 Å². The first kappa shape index (κ1) is 3.67. The standard InChI is InChI=1S/C7H6N2/c1-4-9-7-2-3-8-5-6(1)7/h1-5,9H/i5D. The van der Waals surface area contributed by atoms with Crippen LogP contribution in [0.5, 0.6) is 0 Å². The van der Waals surface area contributed by atoms with Gasteiger partial charge in [0.15, 0.2) is 0 Å². The van der Waals surface area contributed by atoms with Gasteiger partial charge in [-0.25, -0.2) is 0 Å². The lowest BCUT2D eigenvalue weighted by atomic mass is 10.3. The lowest BCUT2D eigenvalue weighted by Crippen LogP contribution is -1.67. The molecular formula is C7H6N2. The third-order valence-corrected chi connectivity index (χ3v) is 1.28. The van der Waals surface area contributed by atoms with Gasteiger partial charge in [0.05, 0.1) is 1.37 Å². The maximum Gasteiger partial charge on any atom is 0.0847 e. The van der Waals surface area contributed by atoms with Crippen LogP contribution in [0.2, 0.25) is 0 Å². The second kappa shape index (κ2) is 1.58. The second-order valence-electron chi connectivity index (χ2n) is 1.86. The molecule has 2 heteroatoms. The molecule has 0 unspecified atom stereocenters. The number of fused-ring (bicyclic) bond motifs is 1. The molecule has 0 aliphatic rings.